The van der Waals surface area contributed by atoms with E-state index >= 15 is 0 Å². The third-order valence-electron chi connectivity index (χ3n) is 3.17. The number of hydrogen-bond donors (Lipinski definition) is 1. The van der Waals surface area contributed by atoms with E-state index in [1.807, 2.05) is 19.2 Å². The van der Waals surface area contributed by atoms with Gasteiger partial charge in [-0.15, -0.1) is 0 Å². The lowest BCUT2D eigenvalue weighted by Crippen LogP contribution is -2.18. The summed E-state index contributed by atoms with van der Waals surface area (Å²) in [5, 5.41) is 9.91. The Labute approximate surface area is 94.8 Å². The van der Waals surface area contributed by atoms with Gasteiger partial charge in [-0.25, -0.2) is 0 Å². The molecular weight excluding hydrogens is 198 g/mol. The molecule has 2 aromatic rings. The van der Waals surface area contributed by atoms with E-state index in [0.29, 0.717) is 5.75 Å². The predicted octanol–water partition coefficient (Wildman–Crippen LogP) is 3.06. The highest BCUT2D eigenvalue weighted by Crippen LogP contribution is 2.41. The van der Waals surface area contributed by atoms with Crippen molar-refractivity contribution in [1.82, 2.24) is 0 Å². The molecule has 2 nitrogen and oxygen atoms in total. The Morgan fingerprint density at radius 1 is 1.00 bits per heavy atom. The lowest BCUT2D eigenvalue weighted by atomic mass is 9.96. The third-order valence-corrected chi connectivity index (χ3v) is 3.17. The van der Waals surface area contributed by atoms with Crippen molar-refractivity contribution in [2.24, 2.45) is 0 Å². The molecule has 0 saturated heterocycles. The van der Waals surface area contributed by atoms with Crippen molar-refractivity contribution in [3.05, 3.63) is 53.6 Å². The molecule has 0 atom stereocenters. The van der Waals surface area contributed by atoms with Crippen molar-refractivity contribution < 1.29 is 5.11 Å². The molecule has 80 valence electrons. The second kappa shape index (κ2) is 3.27. The van der Waals surface area contributed by atoms with Gasteiger partial charge in [0.25, 0.3) is 0 Å². The van der Waals surface area contributed by atoms with Crippen molar-refractivity contribution in [2.75, 3.05) is 11.9 Å². The molecule has 0 radical (unpaired) electrons. The first-order valence-electron chi connectivity index (χ1n) is 5.40. The van der Waals surface area contributed by atoms with Crippen LogP contribution < -0.4 is 4.90 Å². The van der Waals surface area contributed by atoms with Crippen molar-refractivity contribution in [3.63, 3.8) is 0 Å². The van der Waals surface area contributed by atoms with Crippen LogP contribution >= 0.6 is 0 Å². The molecule has 1 heterocycles. The Kier molecular flexibility index (Phi) is 1.90. The second-order valence-corrected chi connectivity index (χ2v) is 4.15. The van der Waals surface area contributed by atoms with Crippen LogP contribution in [0.15, 0.2) is 42.5 Å². The van der Waals surface area contributed by atoms with Crippen molar-refractivity contribution in [2.45, 2.75) is 6.42 Å². The highest BCUT2D eigenvalue weighted by Gasteiger charge is 2.21. The van der Waals surface area contributed by atoms with Gasteiger partial charge in [-0.3, -0.25) is 0 Å². The molecule has 1 aliphatic rings. The van der Waals surface area contributed by atoms with E-state index in [4.69, 9.17) is 0 Å². The number of anilines is 2. The fourth-order valence-electron chi connectivity index (χ4n) is 2.42. The minimum absolute atomic E-state index is 0.356. The van der Waals surface area contributed by atoms with Gasteiger partial charge in [-0.05, 0) is 23.3 Å². The molecule has 0 aliphatic carbocycles. The molecule has 16 heavy (non-hydrogen) atoms. The van der Waals surface area contributed by atoms with E-state index in [0.717, 1.165) is 12.1 Å². The van der Waals surface area contributed by atoms with E-state index in [2.05, 4.69) is 29.2 Å². The van der Waals surface area contributed by atoms with Gasteiger partial charge >= 0.3 is 0 Å². The number of hydrogen-bond acceptors (Lipinski definition) is 2. The molecule has 0 bridgehead atoms. The number of rotatable bonds is 0. The summed E-state index contributed by atoms with van der Waals surface area (Å²) >= 11 is 0. The van der Waals surface area contributed by atoms with Gasteiger partial charge in [0.1, 0.15) is 5.75 Å². The smallest absolute Gasteiger partial charge is 0.139 e. The second-order valence-electron chi connectivity index (χ2n) is 4.15. The van der Waals surface area contributed by atoms with Gasteiger partial charge in [-0.1, -0.05) is 30.3 Å². The predicted molar refractivity (Wildman–Crippen MR) is 65.4 cm³/mol. The summed E-state index contributed by atoms with van der Waals surface area (Å²) in [5.74, 6) is 0.356. The van der Waals surface area contributed by atoms with Crippen LogP contribution in [0.25, 0.3) is 0 Å². The minimum Gasteiger partial charge on any atom is -0.506 e. The summed E-state index contributed by atoms with van der Waals surface area (Å²) in [7, 11) is 2.00. The van der Waals surface area contributed by atoms with E-state index in [1.165, 1.54) is 16.8 Å². The molecule has 0 aromatic heterocycles. The number of fused-ring (bicyclic) bond motifs is 2. The average molecular weight is 211 g/mol. The minimum atomic E-state index is 0.356. The number of phenols is 1. The Morgan fingerprint density at radius 3 is 2.62 bits per heavy atom. The van der Waals surface area contributed by atoms with Crippen LogP contribution in [0.2, 0.25) is 0 Å². The van der Waals surface area contributed by atoms with Gasteiger partial charge < -0.3 is 10.0 Å². The zero-order valence-corrected chi connectivity index (χ0v) is 9.14. The summed E-state index contributed by atoms with van der Waals surface area (Å²) < 4.78 is 0. The normalized spacial score (nSPS) is 13.2. The highest BCUT2D eigenvalue weighted by atomic mass is 16.3. The number of benzene rings is 2. The van der Waals surface area contributed by atoms with Crippen LogP contribution in [0.5, 0.6) is 5.75 Å². The molecule has 0 unspecified atom stereocenters. The number of aromatic hydroxyl groups is 1. The van der Waals surface area contributed by atoms with Gasteiger partial charge in [-0.2, -0.15) is 0 Å². The maximum atomic E-state index is 9.91. The van der Waals surface area contributed by atoms with Crippen LogP contribution in [0.1, 0.15) is 11.1 Å². The Bertz CT molecular complexity index is 548. The van der Waals surface area contributed by atoms with Crippen LogP contribution in [-0.2, 0) is 6.42 Å². The molecule has 1 aliphatic heterocycles. The first kappa shape index (κ1) is 9.28. The molecule has 3 rings (SSSR count). The molecule has 0 saturated carbocycles. The lowest BCUT2D eigenvalue weighted by molar-refractivity contribution is 0.475. The Hall–Kier alpha value is -1.96. The molecule has 0 fully saturated rings. The maximum Gasteiger partial charge on any atom is 0.139 e. The first-order valence-corrected chi connectivity index (χ1v) is 5.40. The number of phenolic OH excluding ortho intramolecular Hbond substituents is 1. The van der Waals surface area contributed by atoms with Crippen LogP contribution in [0, 0.1) is 0 Å². The molecule has 2 heteroatoms. The van der Waals surface area contributed by atoms with Gasteiger partial charge in [0.15, 0.2) is 0 Å². The van der Waals surface area contributed by atoms with Crippen molar-refractivity contribution in [3.8, 4) is 5.75 Å². The summed E-state index contributed by atoms with van der Waals surface area (Å²) in [6.07, 6.45) is 0.893. The quantitative estimate of drug-likeness (QED) is 0.724. The Balaban J connectivity index is 2.23. The molecule has 0 amide bonds. The zero-order valence-electron chi connectivity index (χ0n) is 9.14. The standard InChI is InChI=1S/C14H13NO/c1-15-12-7-3-2-5-10(12)9-11-6-4-8-13(16)14(11)15/h2-8,16H,9H2,1H3. The molecule has 1 N–H and O–H groups in total. The average Bonchev–Trinajstić information content (AvgIpc) is 2.29. The monoisotopic (exact) mass is 211 g/mol. The van der Waals surface area contributed by atoms with Gasteiger partial charge in [0, 0.05) is 19.2 Å². The number of nitrogens with zero attached hydrogens (tertiary/aromatic N) is 1. The first-order chi connectivity index (χ1) is 7.77. The highest BCUT2D eigenvalue weighted by molar-refractivity contribution is 5.77. The molecule has 2 aromatic carbocycles. The summed E-state index contributed by atoms with van der Waals surface area (Å²) in [4.78, 5) is 2.06. The van der Waals surface area contributed by atoms with E-state index in [1.54, 1.807) is 6.07 Å². The van der Waals surface area contributed by atoms with Gasteiger partial charge in [0.05, 0.1) is 5.69 Å². The van der Waals surface area contributed by atoms with E-state index in [-0.39, 0.29) is 0 Å². The van der Waals surface area contributed by atoms with Crippen molar-refractivity contribution >= 4 is 11.4 Å². The topological polar surface area (TPSA) is 23.5 Å². The molecular formula is C14H13NO. The van der Waals surface area contributed by atoms with E-state index in [9.17, 15) is 5.11 Å². The SMILES string of the molecule is CN1c2ccccc2Cc2cccc(O)c21. The lowest BCUT2D eigenvalue weighted by Gasteiger charge is -2.30. The summed E-state index contributed by atoms with van der Waals surface area (Å²) in [6, 6.07) is 14.0. The van der Waals surface area contributed by atoms with Crippen LogP contribution in [0.4, 0.5) is 11.4 Å². The van der Waals surface area contributed by atoms with Crippen LogP contribution in [-0.4, -0.2) is 12.2 Å². The van der Waals surface area contributed by atoms with Crippen molar-refractivity contribution in [1.29, 1.82) is 0 Å². The van der Waals surface area contributed by atoms with Crippen LogP contribution in [0.3, 0.4) is 0 Å². The fourth-order valence-corrected chi connectivity index (χ4v) is 2.42. The molecule has 0 spiro atoms. The summed E-state index contributed by atoms with van der Waals surface area (Å²) in [5.41, 5.74) is 4.60. The largest absolute Gasteiger partial charge is 0.506 e. The maximum absolute atomic E-state index is 9.91. The fraction of sp³-hybridized carbons (Fsp3) is 0.143. The van der Waals surface area contributed by atoms with Gasteiger partial charge in [0.2, 0.25) is 0 Å². The summed E-state index contributed by atoms with van der Waals surface area (Å²) in [6.45, 7) is 0. The Morgan fingerprint density at radius 2 is 1.75 bits per heavy atom. The third kappa shape index (κ3) is 1.20. The van der Waals surface area contributed by atoms with E-state index < -0.39 is 0 Å². The number of para-hydroxylation sites is 2. The zero-order chi connectivity index (χ0) is 11.1.